The fourth-order valence-electron chi connectivity index (χ4n) is 1.93. The fourth-order valence-corrected chi connectivity index (χ4v) is 2.52. The van der Waals surface area contributed by atoms with Crippen LogP contribution in [-0.2, 0) is 4.79 Å². The number of amides is 1. The van der Waals surface area contributed by atoms with Gasteiger partial charge < -0.3 is 10.6 Å². The van der Waals surface area contributed by atoms with Gasteiger partial charge in [0.1, 0.15) is 0 Å². The lowest BCUT2D eigenvalue weighted by Gasteiger charge is -2.09. The smallest absolute Gasteiger partial charge is 0.226 e. The van der Waals surface area contributed by atoms with Crippen LogP contribution in [0.1, 0.15) is 17.5 Å². The van der Waals surface area contributed by atoms with Crippen LogP contribution in [0.4, 0.5) is 11.4 Å². The summed E-state index contributed by atoms with van der Waals surface area (Å²) in [5, 5.41) is 6.15. The summed E-state index contributed by atoms with van der Waals surface area (Å²) in [7, 11) is 0. The minimum absolute atomic E-state index is 0.000773. The monoisotopic (exact) mass is 346 g/mol. The quantitative estimate of drug-likeness (QED) is 0.836. The maximum Gasteiger partial charge on any atom is 0.226 e. The van der Waals surface area contributed by atoms with Gasteiger partial charge in [-0.15, -0.1) is 0 Å². The van der Waals surface area contributed by atoms with Crippen LogP contribution in [0.2, 0.25) is 0 Å². The minimum Gasteiger partial charge on any atom is -0.385 e. The van der Waals surface area contributed by atoms with Crippen LogP contribution in [0.5, 0.6) is 0 Å². The molecule has 21 heavy (non-hydrogen) atoms. The van der Waals surface area contributed by atoms with Gasteiger partial charge >= 0.3 is 0 Å². The van der Waals surface area contributed by atoms with Crippen molar-refractivity contribution in [1.29, 1.82) is 0 Å². The van der Waals surface area contributed by atoms with Gasteiger partial charge in [0, 0.05) is 23.1 Å². The van der Waals surface area contributed by atoms with Crippen molar-refractivity contribution in [1.82, 2.24) is 0 Å². The highest BCUT2D eigenvalue weighted by atomic mass is 79.9. The van der Waals surface area contributed by atoms with Crippen molar-refractivity contribution in [3.05, 3.63) is 58.1 Å². The summed E-state index contributed by atoms with van der Waals surface area (Å²) in [5.41, 5.74) is 4.22. The average Bonchev–Trinajstić information content (AvgIpc) is 2.44. The van der Waals surface area contributed by atoms with E-state index in [-0.39, 0.29) is 5.91 Å². The van der Waals surface area contributed by atoms with Gasteiger partial charge in [0.2, 0.25) is 5.91 Å². The zero-order valence-corrected chi connectivity index (χ0v) is 13.8. The first-order valence-corrected chi connectivity index (χ1v) is 7.70. The van der Waals surface area contributed by atoms with Crippen molar-refractivity contribution in [2.45, 2.75) is 20.3 Å². The molecule has 4 heteroatoms. The first kappa shape index (κ1) is 15.6. The standard InChI is InChI=1S/C17H19BrN2O/c1-12-3-6-14(7-4-12)19-10-9-17(21)20-16-8-5-13(2)11-15(16)18/h3-8,11,19H,9-10H2,1-2H3,(H,20,21). The third-order valence-corrected chi connectivity index (χ3v) is 3.79. The van der Waals surface area contributed by atoms with Crippen LogP contribution in [0.15, 0.2) is 46.9 Å². The highest BCUT2D eigenvalue weighted by molar-refractivity contribution is 9.10. The molecule has 0 spiro atoms. The van der Waals surface area contributed by atoms with E-state index in [0.29, 0.717) is 13.0 Å². The zero-order chi connectivity index (χ0) is 15.2. The van der Waals surface area contributed by atoms with Gasteiger partial charge in [-0.1, -0.05) is 23.8 Å². The largest absolute Gasteiger partial charge is 0.385 e. The third kappa shape index (κ3) is 4.90. The molecule has 0 aliphatic carbocycles. The number of nitrogens with one attached hydrogen (secondary N) is 2. The molecule has 0 heterocycles. The molecule has 0 saturated heterocycles. The summed E-state index contributed by atoms with van der Waals surface area (Å²) in [6, 6.07) is 14.0. The first-order valence-electron chi connectivity index (χ1n) is 6.91. The molecule has 0 aromatic heterocycles. The molecular formula is C17H19BrN2O. The van der Waals surface area contributed by atoms with Crippen LogP contribution >= 0.6 is 15.9 Å². The van der Waals surface area contributed by atoms with Crippen LogP contribution in [0.3, 0.4) is 0 Å². The molecule has 1 amide bonds. The topological polar surface area (TPSA) is 41.1 Å². The van der Waals surface area contributed by atoms with E-state index in [1.165, 1.54) is 5.56 Å². The lowest BCUT2D eigenvalue weighted by atomic mass is 10.2. The number of carbonyl (C=O) groups excluding carboxylic acids is 1. The van der Waals surface area contributed by atoms with Crippen molar-refractivity contribution in [2.24, 2.45) is 0 Å². The number of hydrogen-bond donors (Lipinski definition) is 2. The molecule has 0 atom stereocenters. The summed E-state index contributed by atoms with van der Waals surface area (Å²) in [6.07, 6.45) is 0.425. The normalized spacial score (nSPS) is 10.2. The Morgan fingerprint density at radius 2 is 1.71 bits per heavy atom. The number of halogens is 1. The van der Waals surface area contributed by atoms with E-state index < -0.39 is 0 Å². The lowest BCUT2D eigenvalue weighted by Crippen LogP contribution is -2.16. The van der Waals surface area contributed by atoms with Crippen molar-refractivity contribution in [3.8, 4) is 0 Å². The predicted molar refractivity (Wildman–Crippen MR) is 91.8 cm³/mol. The molecule has 2 rings (SSSR count). The highest BCUT2D eigenvalue weighted by Gasteiger charge is 2.05. The molecule has 0 unspecified atom stereocenters. The zero-order valence-electron chi connectivity index (χ0n) is 12.2. The van der Waals surface area contributed by atoms with Gasteiger partial charge in [-0.05, 0) is 59.6 Å². The van der Waals surface area contributed by atoms with E-state index in [9.17, 15) is 4.79 Å². The second-order valence-corrected chi connectivity index (χ2v) is 5.93. The molecular weight excluding hydrogens is 328 g/mol. The molecule has 0 saturated carbocycles. The van der Waals surface area contributed by atoms with Crippen LogP contribution < -0.4 is 10.6 Å². The van der Waals surface area contributed by atoms with Gasteiger partial charge in [0.15, 0.2) is 0 Å². The van der Waals surface area contributed by atoms with Crippen molar-refractivity contribution >= 4 is 33.2 Å². The molecule has 2 N–H and O–H groups in total. The molecule has 0 fully saturated rings. The van der Waals surface area contributed by atoms with Gasteiger partial charge in [-0.25, -0.2) is 0 Å². The number of carbonyl (C=O) groups is 1. The lowest BCUT2D eigenvalue weighted by molar-refractivity contribution is -0.115. The summed E-state index contributed by atoms with van der Waals surface area (Å²) < 4.78 is 0.905. The number of aryl methyl sites for hydroxylation is 2. The van der Waals surface area contributed by atoms with Crippen LogP contribution in [0.25, 0.3) is 0 Å². The van der Waals surface area contributed by atoms with E-state index in [0.717, 1.165) is 21.4 Å². The van der Waals surface area contributed by atoms with E-state index in [2.05, 4.69) is 33.5 Å². The van der Waals surface area contributed by atoms with Crippen LogP contribution in [-0.4, -0.2) is 12.5 Å². The summed E-state index contributed by atoms with van der Waals surface area (Å²) in [6.45, 7) is 4.68. The van der Waals surface area contributed by atoms with Crippen LogP contribution in [0, 0.1) is 13.8 Å². The Kier molecular flexibility index (Phi) is 5.39. The van der Waals surface area contributed by atoms with E-state index in [1.807, 2.05) is 49.4 Å². The maximum atomic E-state index is 11.9. The molecule has 0 aliphatic heterocycles. The number of benzene rings is 2. The van der Waals surface area contributed by atoms with E-state index >= 15 is 0 Å². The third-order valence-electron chi connectivity index (χ3n) is 3.13. The molecule has 2 aromatic rings. The first-order chi connectivity index (χ1) is 10.0. The minimum atomic E-state index is -0.000773. The SMILES string of the molecule is Cc1ccc(NCCC(=O)Nc2ccc(C)cc2Br)cc1. The molecule has 0 aliphatic rings. The number of anilines is 2. The van der Waals surface area contributed by atoms with Crippen molar-refractivity contribution in [2.75, 3.05) is 17.2 Å². The Morgan fingerprint density at radius 3 is 2.38 bits per heavy atom. The second-order valence-electron chi connectivity index (χ2n) is 5.07. The predicted octanol–water partition coefficient (Wildman–Crippen LogP) is 4.51. The van der Waals surface area contributed by atoms with Gasteiger partial charge in [-0.2, -0.15) is 0 Å². The Morgan fingerprint density at radius 1 is 1.05 bits per heavy atom. The Hall–Kier alpha value is -1.81. The summed E-state index contributed by atoms with van der Waals surface area (Å²) >= 11 is 3.46. The Labute approximate surface area is 133 Å². The Bertz CT molecular complexity index is 623. The second kappa shape index (κ2) is 7.27. The van der Waals surface area contributed by atoms with E-state index in [1.54, 1.807) is 0 Å². The number of hydrogen-bond acceptors (Lipinski definition) is 2. The van der Waals surface area contributed by atoms with Crippen molar-refractivity contribution < 1.29 is 4.79 Å². The van der Waals surface area contributed by atoms with E-state index in [4.69, 9.17) is 0 Å². The molecule has 0 bridgehead atoms. The average molecular weight is 347 g/mol. The number of rotatable bonds is 5. The van der Waals surface area contributed by atoms with Gasteiger partial charge in [-0.3, -0.25) is 4.79 Å². The summed E-state index contributed by atoms with van der Waals surface area (Å²) in [5.74, 6) is -0.000773. The van der Waals surface area contributed by atoms with Gasteiger partial charge in [0.25, 0.3) is 0 Å². The molecule has 3 nitrogen and oxygen atoms in total. The van der Waals surface area contributed by atoms with Crippen molar-refractivity contribution in [3.63, 3.8) is 0 Å². The maximum absolute atomic E-state index is 11.9. The molecule has 2 aromatic carbocycles. The Balaban J connectivity index is 1.81. The van der Waals surface area contributed by atoms with Gasteiger partial charge in [0.05, 0.1) is 5.69 Å². The highest BCUT2D eigenvalue weighted by Crippen LogP contribution is 2.23. The fraction of sp³-hybridized carbons (Fsp3) is 0.235. The molecule has 110 valence electrons. The molecule has 0 radical (unpaired) electrons. The summed E-state index contributed by atoms with van der Waals surface area (Å²) in [4.78, 5) is 11.9.